The number of aryl methyl sites for hydroxylation is 1. The summed E-state index contributed by atoms with van der Waals surface area (Å²) in [5.74, 6) is 1.71. The standard InChI is InChI=1S/C13H19NO/c1-11-5-2-3-7-13(11)15-10-12-6-4-8-14-9-12/h2-3,5,7,12,14H,4,6,8-10H2,1H3/t12-/m1/s1. The topological polar surface area (TPSA) is 21.3 Å². The fraction of sp³-hybridized carbons (Fsp3) is 0.538. The van der Waals surface area contributed by atoms with Crippen molar-refractivity contribution < 1.29 is 4.74 Å². The number of rotatable bonds is 3. The van der Waals surface area contributed by atoms with Gasteiger partial charge >= 0.3 is 0 Å². The molecule has 1 aliphatic rings. The molecule has 0 aliphatic carbocycles. The second kappa shape index (κ2) is 5.17. The van der Waals surface area contributed by atoms with Gasteiger partial charge in [-0.1, -0.05) is 18.2 Å². The minimum atomic E-state index is 0.679. The highest BCUT2D eigenvalue weighted by atomic mass is 16.5. The smallest absolute Gasteiger partial charge is 0.122 e. The van der Waals surface area contributed by atoms with Crippen LogP contribution in [0.5, 0.6) is 5.75 Å². The Hall–Kier alpha value is -1.02. The van der Waals surface area contributed by atoms with Gasteiger partial charge in [-0.2, -0.15) is 0 Å². The number of para-hydroxylation sites is 1. The van der Waals surface area contributed by atoms with Crippen LogP contribution in [0.4, 0.5) is 0 Å². The number of nitrogens with one attached hydrogen (secondary N) is 1. The van der Waals surface area contributed by atoms with E-state index in [2.05, 4.69) is 18.3 Å². The molecule has 1 fully saturated rings. The van der Waals surface area contributed by atoms with E-state index in [-0.39, 0.29) is 0 Å². The van der Waals surface area contributed by atoms with Crippen molar-refractivity contribution in [3.8, 4) is 5.75 Å². The zero-order valence-electron chi connectivity index (χ0n) is 9.33. The molecule has 1 atom stereocenters. The van der Waals surface area contributed by atoms with Crippen LogP contribution >= 0.6 is 0 Å². The molecule has 0 saturated carbocycles. The Morgan fingerprint density at radius 2 is 2.27 bits per heavy atom. The molecular formula is C13H19NO. The van der Waals surface area contributed by atoms with Crippen molar-refractivity contribution in [3.63, 3.8) is 0 Å². The quantitative estimate of drug-likeness (QED) is 0.818. The van der Waals surface area contributed by atoms with Crippen LogP contribution < -0.4 is 10.1 Å². The molecule has 2 rings (SSSR count). The molecule has 1 aromatic carbocycles. The van der Waals surface area contributed by atoms with E-state index >= 15 is 0 Å². The lowest BCUT2D eigenvalue weighted by Crippen LogP contribution is -2.33. The molecule has 0 unspecified atom stereocenters. The maximum absolute atomic E-state index is 5.84. The van der Waals surface area contributed by atoms with E-state index < -0.39 is 0 Å². The minimum Gasteiger partial charge on any atom is -0.493 e. The van der Waals surface area contributed by atoms with Crippen molar-refractivity contribution in [2.45, 2.75) is 19.8 Å². The van der Waals surface area contributed by atoms with Crippen LogP contribution in [0.2, 0.25) is 0 Å². The Morgan fingerprint density at radius 3 is 3.00 bits per heavy atom. The molecule has 82 valence electrons. The van der Waals surface area contributed by atoms with Crippen molar-refractivity contribution in [1.82, 2.24) is 5.32 Å². The van der Waals surface area contributed by atoms with Crippen molar-refractivity contribution >= 4 is 0 Å². The Kier molecular flexibility index (Phi) is 3.62. The Morgan fingerprint density at radius 1 is 1.40 bits per heavy atom. The summed E-state index contributed by atoms with van der Waals surface area (Å²) in [7, 11) is 0. The first-order valence-electron chi connectivity index (χ1n) is 5.75. The normalized spacial score (nSPS) is 21.3. The Labute approximate surface area is 91.6 Å². The van der Waals surface area contributed by atoms with Gasteiger partial charge in [0.1, 0.15) is 5.75 Å². The first-order chi connectivity index (χ1) is 7.36. The SMILES string of the molecule is Cc1ccccc1OC[C@@H]1CCCNC1. The van der Waals surface area contributed by atoms with Crippen LogP contribution in [0, 0.1) is 12.8 Å². The monoisotopic (exact) mass is 205 g/mol. The van der Waals surface area contributed by atoms with Crippen molar-refractivity contribution in [3.05, 3.63) is 29.8 Å². The third kappa shape index (κ3) is 2.96. The summed E-state index contributed by atoms with van der Waals surface area (Å²) in [5.41, 5.74) is 1.22. The molecule has 0 radical (unpaired) electrons. The first-order valence-corrected chi connectivity index (χ1v) is 5.75. The summed E-state index contributed by atoms with van der Waals surface area (Å²) >= 11 is 0. The summed E-state index contributed by atoms with van der Waals surface area (Å²) in [4.78, 5) is 0. The molecule has 0 amide bonds. The molecule has 1 aliphatic heterocycles. The highest BCUT2D eigenvalue weighted by Crippen LogP contribution is 2.18. The number of hydrogen-bond donors (Lipinski definition) is 1. The second-order valence-electron chi connectivity index (χ2n) is 4.29. The van der Waals surface area contributed by atoms with E-state index in [4.69, 9.17) is 4.74 Å². The first kappa shape index (κ1) is 10.5. The third-order valence-electron chi connectivity index (χ3n) is 2.97. The van der Waals surface area contributed by atoms with Gasteiger partial charge < -0.3 is 10.1 Å². The number of hydrogen-bond acceptors (Lipinski definition) is 2. The fourth-order valence-corrected chi connectivity index (χ4v) is 1.99. The zero-order valence-corrected chi connectivity index (χ0v) is 9.33. The largest absolute Gasteiger partial charge is 0.493 e. The lowest BCUT2D eigenvalue weighted by molar-refractivity contribution is 0.217. The van der Waals surface area contributed by atoms with Gasteiger partial charge in [-0.3, -0.25) is 0 Å². The van der Waals surface area contributed by atoms with Crippen molar-refractivity contribution in [1.29, 1.82) is 0 Å². The van der Waals surface area contributed by atoms with Crippen LogP contribution in [0.15, 0.2) is 24.3 Å². The predicted molar refractivity (Wildman–Crippen MR) is 62.3 cm³/mol. The van der Waals surface area contributed by atoms with Gasteiger partial charge in [0, 0.05) is 12.5 Å². The van der Waals surface area contributed by atoms with E-state index in [1.165, 1.54) is 24.9 Å². The van der Waals surface area contributed by atoms with Crippen molar-refractivity contribution in [2.75, 3.05) is 19.7 Å². The highest BCUT2D eigenvalue weighted by molar-refractivity contribution is 5.31. The fourth-order valence-electron chi connectivity index (χ4n) is 1.99. The molecule has 1 N–H and O–H groups in total. The molecule has 0 spiro atoms. The molecule has 1 saturated heterocycles. The maximum atomic E-state index is 5.84. The number of ether oxygens (including phenoxy) is 1. The van der Waals surface area contributed by atoms with Gasteiger partial charge in [-0.15, -0.1) is 0 Å². The van der Waals surface area contributed by atoms with E-state index in [1.807, 2.05) is 18.2 Å². The molecule has 0 aromatic heterocycles. The maximum Gasteiger partial charge on any atom is 0.122 e. The van der Waals surface area contributed by atoms with Crippen LogP contribution in [0.1, 0.15) is 18.4 Å². The average molecular weight is 205 g/mol. The summed E-state index contributed by atoms with van der Waals surface area (Å²) in [6.45, 7) is 5.21. The van der Waals surface area contributed by atoms with Gasteiger partial charge in [-0.05, 0) is 37.9 Å². The molecule has 0 bridgehead atoms. The van der Waals surface area contributed by atoms with Crippen LogP contribution in [-0.4, -0.2) is 19.7 Å². The van der Waals surface area contributed by atoms with E-state index in [9.17, 15) is 0 Å². The number of benzene rings is 1. The molecular weight excluding hydrogens is 186 g/mol. The summed E-state index contributed by atoms with van der Waals surface area (Å²) in [6, 6.07) is 8.21. The molecule has 15 heavy (non-hydrogen) atoms. The van der Waals surface area contributed by atoms with Crippen LogP contribution in [0.25, 0.3) is 0 Å². The zero-order chi connectivity index (χ0) is 10.5. The summed E-state index contributed by atoms with van der Waals surface area (Å²) in [6.07, 6.45) is 2.57. The second-order valence-corrected chi connectivity index (χ2v) is 4.29. The lowest BCUT2D eigenvalue weighted by atomic mass is 10.0. The third-order valence-corrected chi connectivity index (χ3v) is 2.97. The molecule has 2 nitrogen and oxygen atoms in total. The molecule has 2 heteroatoms. The summed E-state index contributed by atoms with van der Waals surface area (Å²) < 4.78 is 5.84. The van der Waals surface area contributed by atoms with E-state index in [0.717, 1.165) is 18.9 Å². The number of piperidine rings is 1. The summed E-state index contributed by atoms with van der Waals surface area (Å²) in [5, 5.41) is 3.41. The lowest BCUT2D eigenvalue weighted by Gasteiger charge is -2.23. The Bertz CT molecular complexity index is 305. The van der Waals surface area contributed by atoms with Crippen LogP contribution in [0.3, 0.4) is 0 Å². The average Bonchev–Trinajstić information content (AvgIpc) is 2.29. The minimum absolute atomic E-state index is 0.679. The van der Waals surface area contributed by atoms with Gasteiger partial charge in [-0.25, -0.2) is 0 Å². The van der Waals surface area contributed by atoms with Gasteiger partial charge in [0.25, 0.3) is 0 Å². The van der Waals surface area contributed by atoms with E-state index in [1.54, 1.807) is 0 Å². The van der Waals surface area contributed by atoms with Crippen molar-refractivity contribution in [2.24, 2.45) is 5.92 Å². The van der Waals surface area contributed by atoms with Gasteiger partial charge in [0.15, 0.2) is 0 Å². The van der Waals surface area contributed by atoms with Gasteiger partial charge in [0.2, 0.25) is 0 Å². The van der Waals surface area contributed by atoms with Gasteiger partial charge in [0.05, 0.1) is 6.61 Å². The van der Waals surface area contributed by atoms with Crippen LogP contribution in [-0.2, 0) is 0 Å². The predicted octanol–water partition coefficient (Wildman–Crippen LogP) is 2.37. The Balaban J connectivity index is 1.84. The molecule has 1 heterocycles. The highest BCUT2D eigenvalue weighted by Gasteiger charge is 2.13. The van der Waals surface area contributed by atoms with E-state index in [0.29, 0.717) is 5.92 Å². The molecule has 1 aromatic rings.